The molecule has 0 unspecified atom stereocenters. The van der Waals surface area contributed by atoms with Crippen LogP contribution in [0.5, 0.6) is 0 Å². The van der Waals surface area contributed by atoms with Gasteiger partial charge in [-0.05, 0) is 50.4 Å². The predicted octanol–water partition coefficient (Wildman–Crippen LogP) is 4.24. The van der Waals surface area contributed by atoms with E-state index < -0.39 is 0 Å². The molecule has 176 valence electrons. The van der Waals surface area contributed by atoms with Crippen LogP contribution in [0.3, 0.4) is 0 Å². The summed E-state index contributed by atoms with van der Waals surface area (Å²) in [6, 6.07) is 0. The van der Waals surface area contributed by atoms with Crippen LogP contribution in [0.1, 0.15) is 77.6 Å². The zero-order valence-corrected chi connectivity index (χ0v) is 19.4. The summed E-state index contributed by atoms with van der Waals surface area (Å²) >= 11 is 0. The number of aliphatic hydroxyl groups is 2. The van der Waals surface area contributed by atoms with Gasteiger partial charge in [0.15, 0.2) is 0 Å². The van der Waals surface area contributed by atoms with Gasteiger partial charge < -0.3 is 19.8 Å². The van der Waals surface area contributed by atoms with Crippen LogP contribution >= 0.6 is 0 Å². The molecule has 0 bridgehead atoms. The number of unbranched alkanes of at least 4 members (excludes halogenated alkanes) is 4. The first kappa shape index (κ1) is 24.5. The molecule has 2 aliphatic carbocycles. The van der Waals surface area contributed by atoms with E-state index in [-0.39, 0.29) is 24.0 Å². The van der Waals surface area contributed by atoms with Crippen molar-refractivity contribution in [2.24, 2.45) is 17.8 Å². The van der Waals surface area contributed by atoms with Crippen molar-refractivity contribution in [1.29, 1.82) is 0 Å². The van der Waals surface area contributed by atoms with Gasteiger partial charge in [-0.1, -0.05) is 56.4 Å². The molecule has 1 saturated heterocycles. The van der Waals surface area contributed by atoms with E-state index in [2.05, 4.69) is 19.1 Å². The molecular weight excluding hydrogens is 390 g/mol. The van der Waals surface area contributed by atoms with Crippen molar-refractivity contribution in [3.05, 3.63) is 23.8 Å². The van der Waals surface area contributed by atoms with Gasteiger partial charge in [0.2, 0.25) is 5.91 Å². The van der Waals surface area contributed by atoms with E-state index in [1.807, 2.05) is 11.0 Å². The van der Waals surface area contributed by atoms with Crippen LogP contribution in [-0.2, 0) is 9.53 Å². The van der Waals surface area contributed by atoms with Crippen LogP contribution in [0.2, 0.25) is 0 Å². The summed E-state index contributed by atoms with van der Waals surface area (Å²) in [5, 5.41) is 20.7. The largest absolute Gasteiger partial charge is 0.392 e. The summed E-state index contributed by atoms with van der Waals surface area (Å²) in [5.41, 5.74) is 1.53. The van der Waals surface area contributed by atoms with Crippen molar-refractivity contribution in [1.82, 2.24) is 4.90 Å². The van der Waals surface area contributed by atoms with E-state index in [4.69, 9.17) is 4.74 Å². The standard InChI is InChI=1S/C26H43NO4/c1-2-3-5-9-22(28)11-12-23-24-18-20(17-21(24)19-25(23)29)8-6-4-7-10-26(30)27-13-15-31-16-14-27/h11-12,17,21-25,28-29H,2-10,13-16,18-19H2,1H3/b12-11+/t21-,22-,23+,24-,25+/m0/s1. The number of rotatable bonds is 12. The minimum atomic E-state index is -0.383. The summed E-state index contributed by atoms with van der Waals surface area (Å²) in [6.45, 7) is 5.00. The minimum Gasteiger partial charge on any atom is -0.392 e. The van der Waals surface area contributed by atoms with Crippen LogP contribution in [-0.4, -0.2) is 59.5 Å². The molecule has 1 heterocycles. The van der Waals surface area contributed by atoms with Crippen LogP contribution in [0.15, 0.2) is 23.8 Å². The molecule has 5 heteroatoms. The monoisotopic (exact) mass is 433 g/mol. The molecule has 0 aromatic heterocycles. The molecule has 0 aromatic carbocycles. The van der Waals surface area contributed by atoms with Gasteiger partial charge in [0.25, 0.3) is 0 Å². The first-order valence-corrected chi connectivity index (χ1v) is 12.7. The highest BCUT2D eigenvalue weighted by Gasteiger charge is 2.43. The minimum absolute atomic E-state index is 0.172. The van der Waals surface area contributed by atoms with E-state index >= 15 is 0 Å². The SMILES string of the molecule is CCCCC[C@H](O)/C=C/[C@@H]1[C@H]2CC(CCCCCC(=O)N3CCOCC3)=C[C@H]2C[C@H]1O. The first-order chi connectivity index (χ1) is 15.1. The molecule has 31 heavy (non-hydrogen) atoms. The average molecular weight is 434 g/mol. The molecule has 0 aromatic rings. The lowest BCUT2D eigenvalue weighted by molar-refractivity contribution is -0.135. The van der Waals surface area contributed by atoms with Gasteiger partial charge in [0.05, 0.1) is 25.4 Å². The number of carbonyl (C=O) groups is 1. The molecule has 1 saturated carbocycles. The van der Waals surface area contributed by atoms with E-state index in [1.165, 1.54) is 12.0 Å². The molecular formula is C26H43NO4. The molecule has 0 radical (unpaired) electrons. The lowest BCUT2D eigenvalue weighted by Gasteiger charge is -2.26. The third-order valence-electron chi connectivity index (χ3n) is 7.36. The molecule has 1 aliphatic heterocycles. The Balaban J connectivity index is 1.33. The number of fused-ring (bicyclic) bond motifs is 1. The predicted molar refractivity (Wildman–Crippen MR) is 124 cm³/mol. The lowest BCUT2D eigenvalue weighted by atomic mass is 9.88. The van der Waals surface area contributed by atoms with E-state index in [0.717, 1.165) is 70.9 Å². The maximum atomic E-state index is 12.2. The smallest absolute Gasteiger partial charge is 0.222 e. The molecule has 3 rings (SSSR count). The molecule has 1 amide bonds. The van der Waals surface area contributed by atoms with Gasteiger partial charge in [-0.15, -0.1) is 0 Å². The van der Waals surface area contributed by atoms with E-state index in [0.29, 0.717) is 31.5 Å². The highest BCUT2D eigenvalue weighted by molar-refractivity contribution is 5.76. The van der Waals surface area contributed by atoms with Gasteiger partial charge in [-0.3, -0.25) is 4.79 Å². The molecule has 3 aliphatic rings. The maximum Gasteiger partial charge on any atom is 0.222 e. The fourth-order valence-electron chi connectivity index (χ4n) is 5.52. The lowest BCUT2D eigenvalue weighted by Crippen LogP contribution is -2.40. The maximum absolute atomic E-state index is 12.2. The fourth-order valence-corrected chi connectivity index (χ4v) is 5.52. The van der Waals surface area contributed by atoms with Crippen LogP contribution in [0.4, 0.5) is 0 Å². The summed E-state index contributed by atoms with van der Waals surface area (Å²) in [4.78, 5) is 14.1. The number of hydrogen-bond donors (Lipinski definition) is 2. The Bertz CT molecular complexity index is 611. The Hall–Kier alpha value is -1.17. The van der Waals surface area contributed by atoms with Crippen molar-refractivity contribution in [2.45, 2.75) is 89.8 Å². The molecule has 0 spiro atoms. The Morgan fingerprint density at radius 2 is 2.03 bits per heavy atom. The number of hydrogen-bond acceptors (Lipinski definition) is 4. The number of ether oxygens (including phenoxy) is 1. The van der Waals surface area contributed by atoms with Gasteiger partial charge in [-0.2, -0.15) is 0 Å². The molecule has 5 atom stereocenters. The second-order valence-electron chi connectivity index (χ2n) is 9.74. The second kappa shape index (κ2) is 12.8. The number of aliphatic hydroxyl groups excluding tert-OH is 2. The third-order valence-corrected chi connectivity index (χ3v) is 7.36. The van der Waals surface area contributed by atoms with Crippen molar-refractivity contribution < 1.29 is 19.7 Å². The summed E-state index contributed by atoms with van der Waals surface area (Å²) in [5.74, 6) is 1.43. The highest BCUT2D eigenvalue weighted by atomic mass is 16.5. The number of allylic oxidation sites excluding steroid dienone is 2. The average Bonchev–Trinajstić information content (AvgIpc) is 3.29. The quantitative estimate of drug-likeness (QED) is 0.357. The van der Waals surface area contributed by atoms with Gasteiger partial charge in [0.1, 0.15) is 0 Å². The van der Waals surface area contributed by atoms with Crippen LogP contribution in [0, 0.1) is 17.8 Å². The number of carbonyl (C=O) groups excluding carboxylic acids is 1. The van der Waals surface area contributed by atoms with Gasteiger partial charge in [0, 0.05) is 25.4 Å². The number of amides is 1. The first-order valence-electron chi connectivity index (χ1n) is 12.7. The Morgan fingerprint density at radius 3 is 2.81 bits per heavy atom. The summed E-state index contributed by atoms with van der Waals surface area (Å²) in [6.07, 6.45) is 16.9. The molecule has 2 N–H and O–H groups in total. The zero-order valence-electron chi connectivity index (χ0n) is 19.4. The van der Waals surface area contributed by atoms with Crippen LogP contribution in [0.25, 0.3) is 0 Å². The van der Waals surface area contributed by atoms with Gasteiger partial charge in [-0.25, -0.2) is 0 Å². The Kier molecular flexibility index (Phi) is 10.1. The van der Waals surface area contributed by atoms with Crippen molar-refractivity contribution in [3.63, 3.8) is 0 Å². The topological polar surface area (TPSA) is 70.0 Å². The number of nitrogens with zero attached hydrogens (tertiary/aromatic N) is 1. The zero-order chi connectivity index (χ0) is 22.1. The second-order valence-corrected chi connectivity index (χ2v) is 9.74. The summed E-state index contributed by atoms with van der Waals surface area (Å²) in [7, 11) is 0. The van der Waals surface area contributed by atoms with E-state index in [1.54, 1.807) is 0 Å². The third kappa shape index (κ3) is 7.44. The van der Waals surface area contributed by atoms with Crippen LogP contribution < -0.4 is 0 Å². The Morgan fingerprint density at radius 1 is 1.23 bits per heavy atom. The highest BCUT2D eigenvalue weighted by Crippen LogP contribution is 2.48. The normalized spacial score (nSPS) is 29.4. The van der Waals surface area contributed by atoms with Crippen molar-refractivity contribution in [2.75, 3.05) is 26.3 Å². The van der Waals surface area contributed by atoms with Crippen molar-refractivity contribution in [3.8, 4) is 0 Å². The number of morpholine rings is 1. The molecule has 2 fully saturated rings. The summed E-state index contributed by atoms with van der Waals surface area (Å²) < 4.78 is 5.31. The van der Waals surface area contributed by atoms with Gasteiger partial charge >= 0.3 is 0 Å². The van der Waals surface area contributed by atoms with Crippen molar-refractivity contribution >= 4 is 5.91 Å². The van der Waals surface area contributed by atoms with E-state index in [9.17, 15) is 15.0 Å². The fraction of sp³-hybridized carbons (Fsp3) is 0.808. The molecule has 5 nitrogen and oxygen atoms in total. The Labute approximate surface area is 188 Å².